The largest absolute Gasteiger partial charge is 0.315 e. The molecule has 3 heteroatoms. The Hall–Kier alpha value is -0.120. The van der Waals surface area contributed by atoms with Gasteiger partial charge in [0.25, 0.3) is 0 Å². The molecule has 0 aromatic carbocycles. The molecular weight excluding hydrogens is 162 g/mol. The molecule has 0 bridgehead atoms. The van der Waals surface area contributed by atoms with Crippen LogP contribution in [0.2, 0.25) is 0 Å². The Labute approximate surface area is 81.1 Å². The van der Waals surface area contributed by atoms with Crippen molar-refractivity contribution in [3.63, 3.8) is 0 Å². The maximum absolute atomic E-state index is 3.45. The third kappa shape index (κ3) is 2.42. The van der Waals surface area contributed by atoms with Crippen molar-refractivity contribution in [2.24, 2.45) is 0 Å². The lowest BCUT2D eigenvalue weighted by Gasteiger charge is -2.26. The summed E-state index contributed by atoms with van der Waals surface area (Å²) in [4.78, 5) is 5.12. The zero-order chi connectivity index (χ0) is 9.10. The summed E-state index contributed by atoms with van der Waals surface area (Å²) in [7, 11) is 2.23. The standard InChI is InChI=1S/C10H21N3/c1-12-5-2-6-13(8-7-12)10-3-4-11-9-10/h10-11H,2-9H2,1H3/t10-/m1/s1. The fourth-order valence-electron chi connectivity index (χ4n) is 2.38. The molecule has 2 aliphatic rings. The van der Waals surface area contributed by atoms with E-state index in [4.69, 9.17) is 0 Å². The summed E-state index contributed by atoms with van der Waals surface area (Å²) in [6, 6.07) is 0.825. The van der Waals surface area contributed by atoms with Gasteiger partial charge in [0, 0.05) is 25.7 Å². The van der Waals surface area contributed by atoms with E-state index in [2.05, 4.69) is 22.2 Å². The van der Waals surface area contributed by atoms with Crippen LogP contribution >= 0.6 is 0 Å². The van der Waals surface area contributed by atoms with Gasteiger partial charge in [0.15, 0.2) is 0 Å². The number of nitrogens with zero attached hydrogens (tertiary/aromatic N) is 2. The topological polar surface area (TPSA) is 18.5 Å². The molecule has 76 valence electrons. The SMILES string of the molecule is CN1CCCN([C@@H]2CCNC2)CC1. The summed E-state index contributed by atoms with van der Waals surface area (Å²) in [6.07, 6.45) is 2.69. The summed E-state index contributed by atoms with van der Waals surface area (Å²) in [5.41, 5.74) is 0. The molecule has 0 amide bonds. The lowest BCUT2D eigenvalue weighted by Crippen LogP contribution is -2.39. The van der Waals surface area contributed by atoms with Gasteiger partial charge < -0.3 is 10.2 Å². The first-order valence-electron chi connectivity index (χ1n) is 5.49. The van der Waals surface area contributed by atoms with Crippen LogP contribution in [-0.2, 0) is 0 Å². The van der Waals surface area contributed by atoms with Gasteiger partial charge in [0.2, 0.25) is 0 Å². The van der Waals surface area contributed by atoms with Crippen molar-refractivity contribution in [2.45, 2.75) is 18.9 Å². The third-order valence-electron chi connectivity index (χ3n) is 3.30. The van der Waals surface area contributed by atoms with Crippen LogP contribution in [-0.4, -0.2) is 62.2 Å². The molecule has 1 N–H and O–H groups in total. The van der Waals surface area contributed by atoms with E-state index < -0.39 is 0 Å². The van der Waals surface area contributed by atoms with Gasteiger partial charge in [-0.2, -0.15) is 0 Å². The molecule has 2 fully saturated rings. The molecule has 13 heavy (non-hydrogen) atoms. The predicted molar refractivity (Wildman–Crippen MR) is 55.0 cm³/mol. The van der Waals surface area contributed by atoms with Gasteiger partial charge >= 0.3 is 0 Å². The van der Waals surface area contributed by atoms with Crippen LogP contribution in [0.3, 0.4) is 0 Å². The number of rotatable bonds is 1. The quantitative estimate of drug-likeness (QED) is 0.616. The van der Waals surface area contributed by atoms with Crippen LogP contribution in [0.25, 0.3) is 0 Å². The van der Waals surface area contributed by atoms with Gasteiger partial charge in [0.05, 0.1) is 0 Å². The Bertz CT molecular complexity index is 154. The van der Waals surface area contributed by atoms with Crippen LogP contribution in [0.5, 0.6) is 0 Å². The molecule has 0 unspecified atom stereocenters. The van der Waals surface area contributed by atoms with E-state index in [1.165, 1.54) is 52.1 Å². The normalized spacial score (nSPS) is 33.5. The Kier molecular flexibility index (Phi) is 3.19. The first-order valence-corrected chi connectivity index (χ1v) is 5.49. The summed E-state index contributed by atoms with van der Waals surface area (Å²) < 4.78 is 0. The van der Waals surface area contributed by atoms with Gasteiger partial charge in [-0.25, -0.2) is 0 Å². The first kappa shape index (κ1) is 9.44. The Morgan fingerprint density at radius 1 is 1.15 bits per heavy atom. The first-order chi connectivity index (χ1) is 6.36. The summed E-state index contributed by atoms with van der Waals surface area (Å²) in [5.74, 6) is 0. The lowest BCUT2D eigenvalue weighted by atomic mass is 10.2. The van der Waals surface area contributed by atoms with Gasteiger partial charge in [-0.05, 0) is 39.5 Å². The zero-order valence-electron chi connectivity index (χ0n) is 8.63. The van der Waals surface area contributed by atoms with E-state index in [1.54, 1.807) is 0 Å². The van der Waals surface area contributed by atoms with E-state index >= 15 is 0 Å². The van der Waals surface area contributed by atoms with Gasteiger partial charge in [-0.3, -0.25) is 4.90 Å². The molecule has 0 aliphatic carbocycles. The summed E-state index contributed by atoms with van der Waals surface area (Å²) in [6.45, 7) is 7.52. The fraction of sp³-hybridized carbons (Fsp3) is 1.00. The molecule has 0 spiro atoms. The van der Waals surface area contributed by atoms with E-state index in [-0.39, 0.29) is 0 Å². The molecule has 2 saturated heterocycles. The highest BCUT2D eigenvalue weighted by Crippen LogP contribution is 2.11. The number of hydrogen-bond donors (Lipinski definition) is 1. The highest BCUT2D eigenvalue weighted by molar-refractivity contribution is 4.82. The van der Waals surface area contributed by atoms with Crippen molar-refractivity contribution in [3.05, 3.63) is 0 Å². The molecule has 2 heterocycles. The van der Waals surface area contributed by atoms with Crippen LogP contribution < -0.4 is 5.32 Å². The molecule has 0 radical (unpaired) electrons. The second-order valence-corrected chi connectivity index (χ2v) is 4.34. The lowest BCUT2D eigenvalue weighted by molar-refractivity contribution is 0.214. The predicted octanol–water partition coefficient (Wildman–Crippen LogP) is -0.0142. The van der Waals surface area contributed by atoms with Crippen molar-refractivity contribution >= 4 is 0 Å². The number of nitrogens with one attached hydrogen (secondary N) is 1. The number of likely N-dealkylation sites (N-methyl/N-ethyl adjacent to an activating group) is 1. The van der Waals surface area contributed by atoms with Crippen LogP contribution in [0, 0.1) is 0 Å². The second-order valence-electron chi connectivity index (χ2n) is 4.34. The second kappa shape index (κ2) is 4.40. The van der Waals surface area contributed by atoms with Crippen molar-refractivity contribution in [2.75, 3.05) is 46.3 Å². The molecule has 2 aliphatic heterocycles. The minimum absolute atomic E-state index is 0.825. The molecule has 0 aromatic rings. The maximum atomic E-state index is 3.45. The minimum Gasteiger partial charge on any atom is -0.315 e. The van der Waals surface area contributed by atoms with Gasteiger partial charge in [0.1, 0.15) is 0 Å². The molecular formula is C10H21N3. The molecule has 0 saturated carbocycles. The molecule has 3 nitrogen and oxygen atoms in total. The van der Waals surface area contributed by atoms with Crippen LogP contribution in [0.4, 0.5) is 0 Å². The van der Waals surface area contributed by atoms with Crippen molar-refractivity contribution in [1.82, 2.24) is 15.1 Å². The van der Waals surface area contributed by atoms with E-state index in [0.717, 1.165) is 6.04 Å². The molecule has 1 atom stereocenters. The monoisotopic (exact) mass is 183 g/mol. The van der Waals surface area contributed by atoms with Crippen molar-refractivity contribution in [3.8, 4) is 0 Å². The summed E-state index contributed by atoms with van der Waals surface area (Å²) >= 11 is 0. The molecule has 0 aromatic heterocycles. The van der Waals surface area contributed by atoms with E-state index in [1.807, 2.05) is 0 Å². The Morgan fingerprint density at radius 3 is 2.85 bits per heavy atom. The van der Waals surface area contributed by atoms with Crippen LogP contribution in [0.15, 0.2) is 0 Å². The van der Waals surface area contributed by atoms with E-state index in [9.17, 15) is 0 Å². The van der Waals surface area contributed by atoms with E-state index in [0.29, 0.717) is 0 Å². The Balaban J connectivity index is 1.84. The Morgan fingerprint density at radius 2 is 2.08 bits per heavy atom. The zero-order valence-corrected chi connectivity index (χ0v) is 8.63. The third-order valence-corrected chi connectivity index (χ3v) is 3.30. The number of hydrogen-bond acceptors (Lipinski definition) is 3. The van der Waals surface area contributed by atoms with Crippen molar-refractivity contribution in [1.29, 1.82) is 0 Å². The fourth-order valence-corrected chi connectivity index (χ4v) is 2.38. The highest BCUT2D eigenvalue weighted by atomic mass is 15.2. The average Bonchev–Trinajstić information content (AvgIpc) is 2.56. The molecule has 2 rings (SSSR count). The maximum Gasteiger partial charge on any atom is 0.0233 e. The van der Waals surface area contributed by atoms with Crippen LogP contribution in [0.1, 0.15) is 12.8 Å². The summed E-state index contributed by atoms with van der Waals surface area (Å²) in [5, 5.41) is 3.45. The van der Waals surface area contributed by atoms with Crippen molar-refractivity contribution < 1.29 is 0 Å². The highest BCUT2D eigenvalue weighted by Gasteiger charge is 2.23. The van der Waals surface area contributed by atoms with Gasteiger partial charge in [-0.15, -0.1) is 0 Å². The smallest absolute Gasteiger partial charge is 0.0233 e. The average molecular weight is 183 g/mol. The minimum atomic E-state index is 0.825. The van der Waals surface area contributed by atoms with Gasteiger partial charge in [-0.1, -0.05) is 0 Å².